The first-order valence-electron chi connectivity index (χ1n) is 5.45. The third-order valence-electron chi connectivity index (χ3n) is 2.45. The topological polar surface area (TPSA) is 85.1 Å². The van der Waals surface area contributed by atoms with E-state index in [-0.39, 0.29) is 10.8 Å². The largest absolute Gasteiger partial charge is 0.308 e. The molecule has 6 nitrogen and oxygen atoms in total. The molecule has 0 atom stereocenters. The molecule has 0 saturated heterocycles. The van der Waals surface area contributed by atoms with Crippen molar-refractivity contribution in [3.8, 4) is 0 Å². The van der Waals surface area contributed by atoms with Gasteiger partial charge in [0.15, 0.2) is 5.82 Å². The Bertz CT molecular complexity index is 740. The Hall–Kier alpha value is -2.61. The molecule has 1 heterocycles. The van der Waals surface area contributed by atoms with Crippen LogP contribution in [0.15, 0.2) is 30.5 Å². The molecule has 2 rings (SSSR count). The van der Waals surface area contributed by atoms with Crippen molar-refractivity contribution in [2.24, 2.45) is 0 Å². The van der Waals surface area contributed by atoms with Gasteiger partial charge in [0, 0.05) is 6.20 Å². The van der Waals surface area contributed by atoms with Gasteiger partial charge in [-0.1, -0.05) is 11.6 Å². The Kier molecular flexibility index (Phi) is 4.08. The van der Waals surface area contributed by atoms with Crippen LogP contribution in [0.3, 0.4) is 0 Å². The SMILES string of the molecule is O=C(Nc1ncccc1Cl)c1cc(F)cc([N+](=O)[O-])c1F. The molecule has 0 aliphatic heterocycles. The summed E-state index contributed by atoms with van der Waals surface area (Å²) < 4.78 is 27.1. The summed E-state index contributed by atoms with van der Waals surface area (Å²) in [5.41, 5.74) is -1.95. The number of nitro benzene ring substituents is 1. The van der Waals surface area contributed by atoms with Crippen LogP contribution in [0.1, 0.15) is 10.4 Å². The van der Waals surface area contributed by atoms with Crippen LogP contribution in [0, 0.1) is 21.7 Å². The number of aromatic nitrogens is 1. The molecule has 1 aromatic carbocycles. The van der Waals surface area contributed by atoms with Crippen LogP contribution in [0.25, 0.3) is 0 Å². The fourth-order valence-electron chi connectivity index (χ4n) is 1.53. The molecule has 0 aliphatic carbocycles. The van der Waals surface area contributed by atoms with Gasteiger partial charge in [-0.3, -0.25) is 14.9 Å². The molecule has 0 radical (unpaired) electrons. The normalized spacial score (nSPS) is 10.2. The average molecular weight is 314 g/mol. The van der Waals surface area contributed by atoms with Crippen LogP contribution in [0.5, 0.6) is 0 Å². The van der Waals surface area contributed by atoms with E-state index < -0.39 is 33.7 Å². The van der Waals surface area contributed by atoms with Crippen molar-refractivity contribution in [1.29, 1.82) is 0 Å². The zero-order valence-electron chi connectivity index (χ0n) is 10.1. The van der Waals surface area contributed by atoms with Gasteiger partial charge < -0.3 is 5.32 Å². The lowest BCUT2D eigenvalue weighted by Gasteiger charge is -2.07. The minimum Gasteiger partial charge on any atom is -0.305 e. The summed E-state index contributed by atoms with van der Waals surface area (Å²) in [6.07, 6.45) is 1.33. The monoisotopic (exact) mass is 313 g/mol. The second kappa shape index (κ2) is 5.80. The highest BCUT2D eigenvalue weighted by Gasteiger charge is 2.24. The summed E-state index contributed by atoms with van der Waals surface area (Å²) in [6, 6.07) is 3.87. The van der Waals surface area contributed by atoms with Crippen molar-refractivity contribution < 1.29 is 18.5 Å². The highest BCUT2D eigenvalue weighted by atomic mass is 35.5. The van der Waals surface area contributed by atoms with Crippen LogP contribution < -0.4 is 5.32 Å². The highest BCUT2D eigenvalue weighted by molar-refractivity contribution is 6.33. The Morgan fingerprint density at radius 2 is 2.10 bits per heavy atom. The van der Waals surface area contributed by atoms with Crippen LogP contribution in [-0.4, -0.2) is 15.8 Å². The van der Waals surface area contributed by atoms with Gasteiger partial charge >= 0.3 is 5.69 Å². The van der Waals surface area contributed by atoms with E-state index in [1.807, 2.05) is 0 Å². The van der Waals surface area contributed by atoms with E-state index in [0.717, 1.165) is 0 Å². The molecule has 0 bridgehead atoms. The second-order valence-electron chi connectivity index (χ2n) is 3.83. The summed E-state index contributed by atoms with van der Waals surface area (Å²) in [6.45, 7) is 0. The lowest BCUT2D eigenvalue weighted by atomic mass is 10.1. The van der Waals surface area contributed by atoms with E-state index in [1.54, 1.807) is 0 Å². The molecule has 0 fully saturated rings. The summed E-state index contributed by atoms with van der Waals surface area (Å²) in [7, 11) is 0. The summed E-state index contributed by atoms with van der Waals surface area (Å²) in [5, 5.41) is 12.8. The first kappa shape index (κ1) is 14.8. The number of nitrogens with zero attached hydrogens (tertiary/aromatic N) is 2. The Balaban J connectivity index is 2.40. The number of halogens is 3. The van der Waals surface area contributed by atoms with Gasteiger partial charge in [0.25, 0.3) is 5.91 Å². The predicted octanol–water partition coefficient (Wildman–Crippen LogP) is 3.17. The minimum absolute atomic E-state index is 0.0736. The van der Waals surface area contributed by atoms with Crippen LogP contribution in [0.2, 0.25) is 5.02 Å². The number of anilines is 1. The molecular weight excluding hydrogens is 308 g/mol. The van der Waals surface area contributed by atoms with E-state index in [0.29, 0.717) is 12.1 Å². The summed E-state index contributed by atoms with van der Waals surface area (Å²) in [4.78, 5) is 25.1. The average Bonchev–Trinajstić information content (AvgIpc) is 2.43. The van der Waals surface area contributed by atoms with Gasteiger partial charge in [-0.15, -0.1) is 0 Å². The fourth-order valence-corrected chi connectivity index (χ4v) is 1.69. The molecule has 2 aromatic rings. The highest BCUT2D eigenvalue weighted by Crippen LogP contribution is 2.24. The number of hydrogen-bond donors (Lipinski definition) is 1. The minimum atomic E-state index is -1.44. The van der Waals surface area contributed by atoms with E-state index in [4.69, 9.17) is 11.6 Å². The first-order valence-corrected chi connectivity index (χ1v) is 5.83. The number of rotatable bonds is 3. The smallest absolute Gasteiger partial charge is 0.305 e. The van der Waals surface area contributed by atoms with Crippen molar-refractivity contribution in [1.82, 2.24) is 4.98 Å². The molecule has 21 heavy (non-hydrogen) atoms. The lowest BCUT2D eigenvalue weighted by Crippen LogP contribution is -2.16. The maximum absolute atomic E-state index is 13.8. The van der Waals surface area contributed by atoms with Gasteiger partial charge in [0.2, 0.25) is 5.82 Å². The number of hydrogen-bond acceptors (Lipinski definition) is 4. The van der Waals surface area contributed by atoms with Crippen molar-refractivity contribution in [3.05, 3.63) is 62.8 Å². The van der Waals surface area contributed by atoms with Crippen LogP contribution in [-0.2, 0) is 0 Å². The maximum atomic E-state index is 13.8. The van der Waals surface area contributed by atoms with Gasteiger partial charge in [-0.2, -0.15) is 4.39 Å². The van der Waals surface area contributed by atoms with E-state index in [9.17, 15) is 23.7 Å². The van der Waals surface area contributed by atoms with Crippen molar-refractivity contribution in [3.63, 3.8) is 0 Å². The molecule has 0 saturated carbocycles. The Labute approximate surface area is 121 Å². The zero-order chi connectivity index (χ0) is 15.6. The number of nitrogens with one attached hydrogen (secondary N) is 1. The standard InChI is InChI=1S/C12H6ClF2N3O3/c13-8-2-1-3-16-11(8)17-12(19)7-4-6(14)5-9(10(7)15)18(20)21/h1-5H,(H,16,17,19). The number of carbonyl (C=O) groups excluding carboxylic acids is 1. The summed E-state index contributed by atoms with van der Waals surface area (Å²) in [5.74, 6) is -3.72. The lowest BCUT2D eigenvalue weighted by molar-refractivity contribution is -0.387. The Morgan fingerprint density at radius 3 is 2.71 bits per heavy atom. The van der Waals surface area contributed by atoms with Crippen molar-refractivity contribution >= 4 is 29.0 Å². The second-order valence-corrected chi connectivity index (χ2v) is 4.24. The number of pyridine rings is 1. The number of carbonyl (C=O) groups is 1. The molecule has 1 amide bonds. The predicted molar refractivity (Wildman–Crippen MR) is 70.2 cm³/mol. The first-order chi connectivity index (χ1) is 9.90. The molecule has 108 valence electrons. The van der Waals surface area contributed by atoms with Crippen molar-refractivity contribution in [2.75, 3.05) is 5.32 Å². The van der Waals surface area contributed by atoms with Crippen molar-refractivity contribution in [2.45, 2.75) is 0 Å². The number of amides is 1. The Morgan fingerprint density at radius 1 is 1.38 bits per heavy atom. The quantitative estimate of drug-likeness (QED) is 0.696. The molecule has 9 heteroatoms. The maximum Gasteiger partial charge on any atom is 0.308 e. The number of benzene rings is 1. The van der Waals surface area contributed by atoms with Crippen LogP contribution in [0.4, 0.5) is 20.3 Å². The van der Waals surface area contributed by atoms with E-state index >= 15 is 0 Å². The third-order valence-corrected chi connectivity index (χ3v) is 2.75. The summed E-state index contributed by atoms with van der Waals surface area (Å²) >= 11 is 5.76. The third kappa shape index (κ3) is 3.11. The number of nitro groups is 1. The molecule has 0 spiro atoms. The van der Waals surface area contributed by atoms with E-state index in [1.165, 1.54) is 18.3 Å². The van der Waals surface area contributed by atoms with Gasteiger partial charge in [-0.05, 0) is 18.2 Å². The molecule has 1 aromatic heterocycles. The molecule has 0 unspecified atom stereocenters. The fraction of sp³-hybridized carbons (Fsp3) is 0. The van der Waals surface area contributed by atoms with Gasteiger partial charge in [0.1, 0.15) is 5.82 Å². The molecular formula is C12H6ClF2N3O3. The molecule has 0 aliphatic rings. The van der Waals surface area contributed by atoms with Gasteiger partial charge in [0.05, 0.1) is 21.6 Å². The zero-order valence-corrected chi connectivity index (χ0v) is 10.9. The van der Waals surface area contributed by atoms with Crippen LogP contribution >= 0.6 is 11.6 Å². The molecule has 1 N–H and O–H groups in total. The van der Waals surface area contributed by atoms with Gasteiger partial charge in [-0.25, -0.2) is 9.37 Å². The van der Waals surface area contributed by atoms with E-state index in [2.05, 4.69) is 10.3 Å².